The van der Waals surface area contributed by atoms with Crippen molar-refractivity contribution < 1.29 is 4.79 Å². The molecule has 0 aliphatic carbocycles. The van der Waals surface area contributed by atoms with Crippen molar-refractivity contribution in [2.24, 2.45) is 13.0 Å². The van der Waals surface area contributed by atoms with E-state index in [1.165, 1.54) is 0 Å². The maximum Gasteiger partial charge on any atom is 0.229 e. The molecule has 1 fully saturated rings. The number of anilines is 1. The van der Waals surface area contributed by atoms with Gasteiger partial charge in [-0.2, -0.15) is 5.10 Å². The Balaban J connectivity index is 2.33. The lowest BCUT2D eigenvalue weighted by atomic mass is 9.92. The first-order chi connectivity index (χ1) is 8.32. The number of amides is 1. The fourth-order valence-electron chi connectivity index (χ4n) is 2.12. The molecule has 0 spiro atoms. The molecular weight excluding hydrogens is 226 g/mol. The van der Waals surface area contributed by atoms with E-state index in [0.717, 1.165) is 11.5 Å². The van der Waals surface area contributed by atoms with Crippen LogP contribution in [0.4, 0.5) is 5.82 Å². The van der Waals surface area contributed by atoms with Gasteiger partial charge in [0.2, 0.25) is 5.91 Å². The van der Waals surface area contributed by atoms with Gasteiger partial charge in [-0.3, -0.25) is 14.4 Å². The van der Waals surface area contributed by atoms with Gasteiger partial charge in [-0.05, 0) is 0 Å². The molecule has 0 N–H and O–H groups in total. The maximum absolute atomic E-state index is 11.9. The van der Waals surface area contributed by atoms with Gasteiger partial charge in [-0.1, -0.05) is 20.8 Å². The molecule has 4 heteroatoms. The molecule has 0 saturated carbocycles. The van der Waals surface area contributed by atoms with Crippen LogP contribution in [0, 0.1) is 18.3 Å². The number of aryl methyl sites for hydroxylation is 1. The predicted octanol–water partition coefficient (Wildman–Crippen LogP) is 1.70. The van der Waals surface area contributed by atoms with E-state index in [-0.39, 0.29) is 17.2 Å². The fraction of sp³-hybridized carbons (Fsp3) is 0.571. The quantitative estimate of drug-likeness (QED) is 0.706. The molecule has 1 aromatic rings. The van der Waals surface area contributed by atoms with Crippen molar-refractivity contribution in [2.75, 3.05) is 11.4 Å². The number of hydrogen-bond acceptors (Lipinski definition) is 2. The molecule has 1 amide bonds. The molecule has 1 aliphatic rings. The Hall–Kier alpha value is -1.76. The first-order valence-corrected chi connectivity index (χ1v) is 6.14. The molecule has 96 valence electrons. The van der Waals surface area contributed by atoms with Crippen molar-refractivity contribution in [3.05, 3.63) is 11.8 Å². The van der Waals surface area contributed by atoms with E-state index >= 15 is 0 Å². The van der Waals surface area contributed by atoms with Crippen LogP contribution in [0.1, 0.15) is 32.9 Å². The van der Waals surface area contributed by atoms with E-state index in [1.807, 2.05) is 13.1 Å². The number of carbonyl (C=O) groups is 1. The average molecular weight is 245 g/mol. The Morgan fingerprint density at radius 1 is 1.50 bits per heavy atom. The van der Waals surface area contributed by atoms with Gasteiger partial charge in [0.05, 0.1) is 5.69 Å². The minimum atomic E-state index is -0.0235. The van der Waals surface area contributed by atoms with Crippen molar-refractivity contribution in [1.82, 2.24) is 9.78 Å². The Morgan fingerprint density at radius 2 is 2.17 bits per heavy atom. The summed E-state index contributed by atoms with van der Waals surface area (Å²) in [6.07, 6.45) is 5.83. The molecule has 1 aliphatic heterocycles. The second-order valence-corrected chi connectivity index (χ2v) is 5.83. The third-order valence-corrected chi connectivity index (χ3v) is 3.26. The summed E-state index contributed by atoms with van der Waals surface area (Å²) < 4.78 is 1.76. The van der Waals surface area contributed by atoms with Gasteiger partial charge >= 0.3 is 0 Å². The minimum Gasteiger partial charge on any atom is -0.296 e. The monoisotopic (exact) mass is 245 g/mol. The van der Waals surface area contributed by atoms with Crippen LogP contribution >= 0.6 is 0 Å². The SMILES string of the molecule is C#CC1CC(=O)N(c2cc(C(C)(C)C)nn2C)C1. The van der Waals surface area contributed by atoms with Crippen LogP contribution in [0.5, 0.6) is 0 Å². The van der Waals surface area contributed by atoms with Crippen LogP contribution in [0.25, 0.3) is 0 Å². The summed E-state index contributed by atoms with van der Waals surface area (Å²) in [7, 11) is 1.86. The van der Waals surface area contributed by atoms with Gasteiger partial charge in [-0.25, -0.2) is 0 Å². The Kier molecular flexibility index (Phi) is 2.94. The number of nitrogens with zero attached hydrogens (tertiary/aromatic N) is 3. The molecule has 2 heterocycles. The van der Waals surface area contributed by atoms with E-state index in [4.69, 9.17) is 6.42 Å². The largest absolute Gasteiger partial charge is 0.296 e. The third kappa shape index (κ3) is 2.13. The number of rotatable bonds is 1. The minimum absolute atomic E-state index is 0.0190. The van der Waals surface area contributed by atoms with Crippen LogP contribution in [0.15, 0.2) is 6.07 Å². The van der Waals surface area contributed by atoms with E-state index in [0.29, 0.717) is 13.0 Å². The summed E-state index contributed by atoms with van der Waals surface area (Å²) >= 11 is 0. The second kappa shape index (κ2) is 4.16. The van der Waals surface area contributed by atoms with Crippen molar-refractivity contribution in [2.45, 2.75) is 32.6 Å². The van der Waals surface area contributed by atoms with Gasteiger partial charge in [0.25, 0.3) is 0 Å². The first-order valence-electron chi connectivity index (χ1n) is 6.14. The fourth-order valence-corrected chi connectivity index (χ4v) is 2.12. The van der Waals surface area contributed by atoms with E-state index in [2.05, 4.69) is 31.8 Å². The zero-order chi connectivity index (χ0) is 13.5. The topological polar surface area (TPSA) is 38.1 Å². The van der Waals surface area contributed by atoms with Crippen LogP contribution in [-0.2, 0) is 17.3 Å². The molecule has 1 unspecified atom stereocenters. The van der Waals surface area contributed by atoms with Crippen LogP contribution in [-0.4, -0.2) is 22.2 Å². The van der Waals surface area contributed by atoms with Crippen molar-refractivity contribution in [3.63, 3.8) is 0 Å². The maximum atomic E-state index is 11.9. The summed E-state index contributed by atoms with van der Waals surface area (Å²) in [5.74, 6) is 3.60. The van der Waals surface area contributed by atoms with Gasteiger partial charge in [0.1, 0.15) is 5.82 Å². The van der Waals surface area contributed by atoms with Crippen LogP contribution < -0.4 is 4.90 Å². The highest BCUT2D eigenvalue weighted by atomic mass is 16.2. The second-order valence-electron chi connectivity index (χ2n) is 5.83. The number of terminal acetylenes is 1. The smallest absolute Gasteiger partial charge is 0.229 e. The molecule has 0 aromatic carbocycles. The predicted molar refractivity (Wildman–Crippen MR) is 71.2 cm³/mol. The number of carbonyl (C=O) groups excluding carboxylic acids is 1. The van der Waals surface area contributed by atoms with E-state index in [1.54, 1.807) is 9.58 Å². The molecule has 1 saturated heterocycles. The normalized spacial score (nSPS) is 20.3. The van der Waals surface area contributed by atoms with Crippen molar-refractivity contribution in [1.29, 1.82) is 0 Å². The first kappa shape index (κ1) is 12.7. The zero-order valence-electron chi connectivity index (χ0n) is 11.4. The molecule has 2 rings (SSSR count). The number of hydrogen-bond donors (Lipinski definition) is 0. The highest BCUT2D eigenvalue weighted by Gasteiger charge is 2.32. The van der Waals surface area contributed by atoms with Gasteiger partial charge in [0.15, 0.2) is 0 Å². The lowest BCUT2D eigenvalue weighted by molar-refractivity contribution is -0.117. The Bertz CT molecular complexity index is 516. The van der Waals surface area contributed by atoms with Crippen molar-refractivity contribution >= 4 is 11.7 Å². The zero-order valence-corrected chi connectivity index (χ0v) is 11.4. The third-order valence-electron chi connectivity index (χ3n) is 3.26. The summed E-state index contributed by atoms with van der Waals surface area (Å²) in [6.45, 7) is 6.91. The summed E-state index contributed by atoms with van der Waals surface area (Å²) in [5, 5.41) is 4.48. The summed E-state index contributed by atoms with van der Waals surface area (Å²) in [5.41, 5.74) is 0.960. The molecule has 1 atom stereocenters. The lowest BCUT2D eigenvalue weighted by Crippen LogP contribution is -2.26. The highest BCUT2D eigenvalue weighted by Crippen LogP contribution is 2.29. The van der Waals surface area contributed by atoms with E-state index in [9.17, 15) is 4.79 Å². The van der Waals surface area contributed by atoms with E-state index < -0.39 is 0 Å². The summed E-state index contributed by atoms with van der Waals surface area (Å²) in [6, 6.07) is 1.98. The average Bonchev–Trinajstić information content (AvgIpc) is 2.81. The molecule has 0 radical (unpaired) electrons. The molecular formula is C14H19N3O. The Labute approximate surface area is 108 Å². The van der Waals surface area contributed by atoms with Gasteiger partial charge in [0, 0.05) is 37.4 Å². The molecule has 18 heavy (non-hydrogen) atoms. The lowest BCUT2D eigenvalue weighted by Gasteiger charge is -2.15. The number of aromatic nitrogens is 2. The summed E-state index contributed by atoms with van der Waals surface area (Å²) in [4.78, 5) is 13.7. The molecule has 1 aromatic heterocycles. The van der Waals surface area contributed by atoms with Crippen molar-refractivity contribution in [3.8, 4) is 12.3 Å². The highest BCUT2D eigenvalue weighted by molar-refractivity contribution is 5.95. The van der Waals surface area contributed by atoms with Crippen LogP contribution in [0.2, 0.25) is 0 Å². The van der Waals surface area contributed by atoms with Crippen LogP contribution in [0.3, 0.4) is 0 Å². The van der Waals surface area contributed by atoms with Gasteiger partial charge in [-0.15, -0.1) is 12.3 Å². The standard InChI is InChI=1S/C14H19N3O/c1-6-10-7-13(18)17(9-10)12-8-11(14(2,3)4)15-16(12)5/h1,8,10H,7,9H2,2-5H3. The van der Waals surface area contributed by atoms with Gasteiger partial charge < -0.3 is 0 Å². The molecule has 0 bridgehead atoms. The molecule has 4 nitrogen and oxygen atoms in total. The Morgan fingerprint density at radius 3 is 2.61 bits per heavy atom.